The lowest BCUT2D eigenvalue weighted by atomic mass is 10.1. The van der Waals surface area contributed by atoms with Crippen LogP contribution in [0, 0.1) is 5.92 Å². The van der Waals surface area contributed by atoms with Crippen LogP contribution in [0.2, 0.25) is 0 Å². The minimum atomic E-state index is 0.421. The maximum Gasteiger partial charge on any atom is 0.193 e. The summed E-state index contributed by atoms with van der Waals surface area (Å²) in [6, 6.07) is 4.34. The molecule has 0 aromatic carbocycles. The van der Waals surface area contributed by atoms with Crippen molar-refractivity contribution in [2.24, 2.45) is 10.9 Å². The zero-order valence-electron chi connectivity index (χ0n) is 14.0. The van der Waals surface area contributed by atoms with Gasteiger partial charge in [-0.15, -0.1) is 0 Å². The highest BCUT2D eigenvalue weighted by atomic mass is 16.5. The second-order valence-corrected chi connectivity index (χ2v) is 6.10. The summed E-state index contributed by atoms with van der Waals surface area (Å²) in [7, 11) is 2.11. The van der Waals surface area contributed by atoms with Crippen molar-refractivity contribution in [3.63, 3.8) is 0 Å². The molecular weight excluding hydrogens is 278 g/mol. The smallest absolute Gasteiger partial charge is 0.193 e. The van der Waals surface area contributed by atoms with Gasteiger partial charge in [0.2, 0.25) is 0 Å². The summed E-state index contributed by atoms with van der Waals surface area (Å²) in [5, 5.41) is 3.52. The van der Waals surface area contributed by atoms with Crippen LogP contribution in [0.5, 0.6) is 0 Å². The van der Waals surface area contributed by atoms with Crippen LogP contribution in [0.15, 0.2) is 27.8 Å². The van der Waals surface area contributed by atoms with Crippen molar-refractivity contribution >= 4 is 5.96 Å². The van der Waals surface area contributed by atoms with Crippen LogP contribution in [-0.4, -0.2) is 50.3 Å². The monoisotopic (exact) mass is 307 g/mol. The van der Waals surface area contributed by atoms with E-state index in [2.05, 4.69) is 31.1 Å². The van der Waals surface area contributed by atoms with Gasteiger partial charge >= 0.3 is 0 Å². The molecule has 2 atom stereocenters. The zero-order chi connectivity index (χ0) is 15.8. The molecule has 0 amide bonds. The highest BCUT2D eigenvalue weighted by Gasteiger charge is 2.19. The zero-order valence-corrected chi connectivity index (χ0v) is 14.0. The quantitative estimate of drug-likeness (QED) is 0.621. The minimum Gasteiger partial charge on any atom is -0.469 e. The predicted molar refractivity (Wildman–Crippen MR) is 89.2 cm³/mol. The Morgan fingerprint density at radius 2 is 2.41 bits per heavy atom. The maximum atomic E-state index is 5.47. The van der Waals surface area contributed by atoms with Gasteiger partial charge < -0.3 is 19.4 Å². The van der Waals surface area contributed by atoms with E-state index < -0.39 is 0 Å². The number of furan rings is 1. The summed E-state index contributed by atoms with van der Waals surface area (Å²) >= 11 is 0. The molecule has 2 rings (SSSR count). The molecule has 1 aromatic rings. The van der Waals surface area contributed by atoms with Crippen LogP contribution in [0.3, 0.4) is 0 Å². The van der Waals surface area contributed by atoms with Crippen molar-refractivity contribution in [2.45, 2.75) is 39.2 Å². The van der Waals surface area contributed by atoms with E-state index in [0.29, 0.717) is 12.0 Å². The van der Waals surface area contributed by atoms with E-state index in [-0.39, 0.29) is 0 Å². The first-order chi connectivity index (χ1) is 10.7. The third kappa shape index (κ3) is 5.37. The number of ether oxygens (including phenoxy) is 1. The fourth-order valence-corrected chi connectivity index (χ4v) is 2.53. The molecule has 0 spiro atoms. The van der Waals surface area contributed by atoms with E-state index in [1.165, 1.54) is 0 Å². The average Bonchev–Trinajstić information content (AvgIpc) is 3.19. The van der Waals surface area contributed by atoms with Crippen LogP contribution in [0.4, 0.5) is 0 Å². The molecule has 22 heavy (non-hydrogen) atoms. The van der Waals surface area contributed by atoms with E-state index in [0.717, 1.165) is 57.3 Å². The second kappa shape index (κ2) is 8.83. The second-order valence-electron chi connectivity index (χ2n) is 6.10. The van der Waals surface area contributed by atoms with Crippen molar-refractivity contribution in [1.29, 1.82) is 0 Å². The molecule has 1 N–H and O–H groups in total. The van der Waals surface area contributed by atoms with Crippen molar-refractivity contribution < 1.29 is 9.15 Å². The standard InChI is InChI=1S/C17H29N3O2/c1-4-14(2)19-17(18-9-7-16-6-5-10-22-16)20(3)12-15-8-11-21-13-15/h5-6,10,14-15H,4,7-9,11-13H2,1-3H3,(H,18,19). The number of aliphatic imine (C=N–C) groups is 1. The van der Waals surface area contributed by atoms with Gasteiger partial charge in [-0.25, -0.2) is 0 Å². The molecule has 0 bridgehead atoms. The van der Waals surface area contributed by atoms with E-state index in [9.17, 15) is 0 Å². The van der Waals surface area contributed by atoms with Crippen LogP contribution in [0.1, 0.15) is 32.4 Å². The molecular formula is C17H29N3O2. The normalized spacial score (nSPS) is 20.1. The SMILES string of the molecule is CCC(C)NC(=NCCc1ccco1)N(C)CC1CCOC1. The molecule has 0 saturated carbocycles. The lowest BCUT2D eigenvalue weighted by molar-refractivity contribution is 0.181. The number of guanidine groups is 1. The van der Waals surface area contributed by atoms with E-state index >= 15 is 0 Å². The molecule has 124 valence electrons. The van der Waals surface area contributed by atoms with Gasteiger partial charge in [-0.1, -0.05) is 6.92 Å². The molecule has 1 fully saturated rings. The summed E-state index contributed by atoms with van der Waals surface area (Å²) < 4.78 is 10.8. The summed E-state index contributed by atoms with van der Waals surface area (Å²) in [5.41, 5.74) is 0. The summed E-state index contributed by atoms with van der Waals surface area (Å²) in [5.74, 6) is 2.57. The summed E-state index contributed by atoms with van der Waals surface area (Å²) in [6.45, 7) is 7.86. The number of hydrogen-bond acceptors (Lipinski definition) is 3. The average molecular weight is 307 g/mol. The van der Waals surface area contributed by atoms with E-state index in [4.69, 9.17) is 14.1 Å². The Kier molecular flexibility index (Phi) is 6.77. The van der Waals surface area contributed by atoms with Gasteiger partial charge in [0, 0.05) is 45.1 Å². The van der Waals surface area contributed by atoms with Crippen molar-refractivity contribution in [3.05, 3.63) is 24.2 Å². The molecule has 0 radical (unpaired) electrons. The van der Waals surface area contributed by atoms with Gasteiger partial charge in [-0.3, -0.25) is 4.99 Å². The van der Waals surface area contributed by atoms with Gasteiger partial charge in [0.05, 0.1) is 12.9 Å². The van der Waals surface area contributed by atoms with E-state index in [1.54, 1.807) is 6.26 Å². The third-order valence-electron chi connectivity index (χ3n) is 4.11. The van der Waals surface area contributed by atoms with E-state index in [1.807, 2.05) is 12.1 Å². The van der Waals surface area contributed by atoms with Gasteiger partial charge in [-0.2, -0.15) is 0 Å². The number of nitrogens with zero attached hydrogens (tertiary/aromatic N) is 2. The van der Waals surface area contributed by atoms with Crippen molar-refractivity contribution in [2.75, 3.05) is 33.4 Å². The predicted octanol–water partition coefficient (Wildman–Crippen LogP) is 2.53. The lowest BCUT2D eigenvalue weighted by Gasteiger charge is -2.27. The van der Waals surface area contributed by atoms with Gasteiger partial charge in [0.15, 0.2) is 5.96 Å². The van der Waals surface area contributed by atoms with Crippen LogP contribution >= 0.6 is 0 Å². The summed E-state index contributed by atoms with van der Waals surface area (Å²) in [4.78, 5) is 6.99. The Balaban J connectivity index is 1.90. The fraction of sp³-hybridized carbons (Fsp3) is 0.706. The summed E-state index contributed by atoms with van der Waals surface area (Å²) in [6.07, 6.45) is 4.77. The molecule has 1 aliphatic heterocycles. The maximum absolute atomic E-state index is 5.47. The molecule has 5 nitrogen and oxygen atoms in total. The number of rotatable bonds is 7. The topological polar surface area (TPSA) is 50.0 Å². The highest BCUT2D eigenvalue weighted by molar-refractivity contribution is 5.80. The van der Waals surface area contributed by atoms with Crippen LogP contribution < -0.4 is 5.32 Å². The Hall–Kier alpha value is -1.49. The number of hydrogen-bond donors (Lipinski definition) is 1. The molecule has 2 unspecified atom stereocenters. The molecule has 1 aromatic heterocycles. The van der Waals surface area contributed by atoms with Crippen LogP contribution in [0.25, 0.3) is 0 Å². The largest absolute Gasteiger partial charge is 0.469 e. The first-order valence-electron chi connectivity index (χ1n) is 8.31. The lowest BCUT2D eigenvalue weighted by Crippen LogP contribution is -2.45. The Morgan fingerprint density at radius 3 is 3.05 bits per heavy atom. The van der Waals surface area contributed by atoms with Gasteiger partial charge in [0.25, 0.3) is 0 Å². The van der Waals surface area contributed by atoms with Crippen LogP contribution in [-0.2, 0) is 11.2 Å². The Morgan fingerprint density at radius 1 is 1.55 bits per heavy atom. The fourth-order valence-electron chi connectivity index (χ4n) is 2.53. The molecule has 1 saturated heterocycles. The minimum absolute atomic E-state index is 0.421. The van der Waals surface area contributed by atoms with Gasteiger partial charge in [0.1, 0.15) is 5.76 Å². The third-order valence-corrected chi connectivity index (χ3v) is 4.11. The number of nitrogens with one attached hydrogen (secondary N) is 1. The Labute approximate surface area is 133 Å². The molecule has 0 aliphatic carbocycles. The molecule has 5 heteroatoms. The first kappa shape index (κ1) is 16.9. The first-order valence-corrected chi connectivity index (χ1v) is 8.31. The molecule has 1 aliphatic rings. The van der Waals surface area contributed by atoms with Crippen molar-refractivity contribution in [1.82, 2.24) is 10.2 Å². The Bertz CT molecular complexity index is 439. The van der Waals surface area contributed by atoms with Crippen molar-refractivity contribution in [3.8, 4) is 0 Å². The van der Waals surface area contributed by atoms with Gasteiger partial charge in [-0.05, 0) is 31.9 Å². The highest BCUT2D eigenvalue weighted by Crippen LogP contribution is 2.13. The molecule has 2 heterocycles.